The highest BCUT2D eigenvalue weighted by Crippen LogP contribution is 2.21. The third-order valence-corrected chi connectivity index (χ3v) is 5.38. The van der Waals surface area contributed by atoms with Crippen molar-refractivity contribution in [2.75, 3.05) is 57.8 Å². The smallest absolute Gasteiger partial charge is 0.228 e. The van der Waals surface area contributed by atoms with E-state index in [1.807, 2.05) is 0 Å². The summed E-state index contributed by atoms with van der Waals surface area (Å²) in [6, 6.07) is 2.49. The Morgan fingerprint density at radius 1 is 1.12 bits per heavy atom. The summed E-state index contributed by atoms with van der Waals surface area (Å²) in [6.07, 6.45) is 4.46. The summed E-state index contributed by atoms with van der Waals surface area (Å²) in [5, 5.41) is 0. The molecule has 0 spiro atoms. The number of likely N-dealkylation sites (tertiary alicyclic amines) is 1. The second-order valence-electron chi connectivity index (χ2n) is 7.26. The molecule has 2 saturated heterocycles. The first-order valence-corrected chi connectivity index (χ1v) is 9.24. The van der Waals surface area contributed by atoms with Crippen LogP contribution in [0.1, 0.15) is 26.7 Å². The first-order valence-electron chi connectivity index (χ1n) is 9.24. The Hall–Kier alpha value is -1.40. The highest BCUT2D eigenvalue weighted by atomic mass is 16.5. The molecule has 0 bridgehead atoms. The predicted molar refractivity (Wildman–Crippen MR) is 96.7 cm³/mol. The molecule has 0 unspecified atom stereocenters. The number of piperazine rings is 1. The van der Waals surface area contributed by atoms with Crippen molar-refractivity contribution in [2.45, 2.75) is 32.7 Å². The number of ether oxygens (including phenoxy) is 1. The molecule has 3 rings (SSSR count). The maximum absolute atomic E-state index is 5.20. The third-order valence-electron chi connectivity index (χ3n) is 5.38. The summed E-state index contributed by atoms with van der Waals surface area (Å²) in [5.74, 6) is 2.29. The fourth-order valence-electron chi connectivity index (χ4n) is 3.75. The minimum atomic E-state index is 0.638. The number of rotatable bonds is 5. The molecule has 1 aromatic heterocycles. The van der Waals surface area contributed by atoms with E-state index in [1.54, 1.807) is 19.4 Å². The molecular weight excluding hydrogens is 302 g/mol. The van der Waals surface area contributed by atoms with Crippen LogP contribution >= 0.6 is 0 Å². The minimum absolute atomic E-state index is 0.638. The molecule has 0 amide bonds. The van der Waals surface area contributed by atoms with E-state index in [-0.39, 0.29) is 0 Å². The van der Waals surface area contributed by atoms with Gasteiger partial charge in [-0.3, -0.25) is 4.90 Å². The lowest BCUT2D eigenvalue weighted by Gasteiger charge is -2.39. The van der Waals surface area contributed by atoms with E-state index < -0.39 is 0 Å². The second kappa shape index (κ2) is 8.12. The fourth-order valence-corrected chi connectivity index (χ4v) is 3.75. The Balaban J connectivity index is 1.44. The van der Waals surface area contributed by atoms with Crippen LogP contribution in [0, 0.1) is 5.92 Å². The quantitative estimate of drug-likeness (QED) is 0.818. The lowest BCUT2D eigenvalue weighted by Crippen LogP contribution is -2.49. The van der Waals surface area contributed by atoms with Crippen molar-refractivity contribution in [3.05, 3.63) is 12.3 Å². The van der Waals surface area contributed by atoms with Gasteiger partial charge in [-0.15, -0.1) is 0 Å². The molecule has 2 fully saturated rings. The van der Waals surface area contributed by atoms with Gasteiger partial charge in [0, 0.05) is 51.0 Å². The fraction of sp³-hybridized carbons (Fsp3) is 0.778. The number of methoxy groups -OCH3 is 1. The summed E-state index contributed by atoms with van der Waals surface area (Å²) < 4.78 is 5.20. The lowest BCUT2D eigenvalue weighted by molar-refractivity contribution is 0.119. The van der Waals surface area contributed by atoms with Crippen molar-refractivity contribution >= 4 is 5.95 Å². The highest BCUT2D eigenvalue weighted by Gasteiger charge is 2.25. The van der Waals surface area contributed by atoms with Crippen LogP contribution in [0.2, 0.25) is 0 Å². The Morgan fingerprint density at radius 2 is 1.83 bits per heavy atom. The van der Waals surface area contributed by atoms with Gasteiger partial charge >= 0.3 is 0 Å². The standard InChI is InChI=1S/C18H31N5O/c1-15(2)22-8-5-16(6-9-22)14-21-10-12-23(13-11-21)18-19-7-4-17(20-18)24-3/h4,7,15-16H,5-6,8-14H2,1-3H3. The van der Waals surface area contributed by atoms with Gasteiger partial charge in [0.2, 0.25) is 11.8 Å². The monoisotopic (exact) mass is 333 g/mol. The molecule has 0 aliphatic carbocycles. The number of piperidine rings is 1. The minimum Gasteiger partial charge on any atom is -0.481 e. The van der Waals surface area contributed by atoms with Gasteiger partial charge in [-0.1, -0.05) is 0 Å². The van der Waals surface area contributed by atoms with E-state index in [2.05, 4.69) is 38.5 Å². The zero-order valence-electron chi connectivity index (χ0n) is 15.3. The van der Waals surface area contributed by atoms with Crippen LogP contribution in [0.4, 0.5) is 5.95 Å². The molecule has 0 aromatic carbocycles. The van der Waals surface area contributed by atoms with E-state index in [1.165, 1.54) is 32.5 Å². The van der Waals surface area contributed by atoms with Crippen LogP contribution in [-0.2, 0) is 0 Å². The normalized spacial score (nSPS) is 21.4. The van der Waals surface area contributed by atoms with Gasteiger partial charge in [0.05, 0.1) is 7.11 Å². The maximum atomic E-state index is 5.20. The van der Waals surface area contributed by atoms with Crippen LogP contribution in [0.25, 0.3) is 0 Å². The third kappa shape index (κ3) is 4.36. The van der Waals surface area contributed by atoms with Gasteiger partial charge in [0.15, 0.2) is 0 Å². The number of hydrogen-bond acceptors (Lipinski definition) is 6. The van der Waals surface area contributed by atoms with Gasteiger partial charge in [0.25, 0.3) is 0 Å². The molecule has 1 aromatic rings. The predicted octanol–water partition coefficient (Wildman–Crippen LogP) is 1.73. The Bertz CT molecular complexity index is 508. The Labute approximate surface area is 145 Å². The van der Waals surface area contributed by atoms with E-state index >= 15 is 0 Å². The van der Waals surface area contributed by atoms with Gasteiger partial charge < -0.3 is 14.5 Å². The molecule has 6 nitrogen and oxygen atoms in total. The zero-order valence-corrected chi connectivity index (χ0v) is 15.3. The molecule has 24 heavy (non-hydrogen) atoms. The topological polar surface area (TPSA) is 44.7 Å². The Kier molecular flexibility index (Phi) is 5.89. The van der Waals surface area contributed by atoms with Gasteiger partial charge in [-0.05, 0) is 45.7 Å². The molecule has 2 aliphatic rings. The molecule has 2 aliphatic heterocycles. The molecule has 0 radical (unpaired) electrons. The van der Waals surface area contributed by atoms with Crippen LogP contribution in [-0.4, -0.2) is 78.7 Å². The number of nitrogens with zero attached hydrogens (tertiary/aromatic N) is 5. The summed E-state index contributed by atoms with van der Waals surface area (Å²) in [4.78, 5) is 16.3. The van der Waals surface area contributed by atoms with Crippen LogP contribution < -0.4 is 9.64 Å². The van der Waals surface area contributed by atoms with Crippen LogP contribution in [0.3, 0.4) is 0 Å². The first-order chi connectivity index (χ1) is 11.7. The summed E-state index contributed by atoms with van der Waals surface area (Å²) in [5.41, 5.74) is 0. The van der Waals surface area contributed by atoms with E-state index in [4.69, 9.17) is 4.74 Å². The molecule has 0 saturated carbocycles. The van der Waals surface area contributed by atoms with Gasteiger partial charge in [-0.2, -0.15) is 4.98 Å². The Morgan fingerprint density at radius 3 is 2.46 bits per heavy atom. The second-order valence-corrected chi connectivity index (χ2v) is 7.26. The van der Waals surface area contributed by atoms with Crippen molar-refractivity contribution in [1.82, 2.24) is 19.8 Å². The summed E-state index contributed by atoms with van der Waals surface area (Å²) in [6.45, 7) is 12.6. The molecule has 3 heterocycles. The van der Waals surface area contributed by atoms with Gasteiger partial charge in [0.1, 0.15) is 0 Å². The first kappa shape index (κ1) is 17.4. The molecule has 134 valence electrons. The molecule has 0 atom stereocenters. The van der Waals surface area contributed by atoms with Crippen molar-refractivity contribution in [1.29, 1.82) is 0 Å². The van der Waals surface area contributed by atoms with Crippen molar-refractivity contribution < 1.29 is 4.74 Å². The average Bonchev–Trinajstić information content (AvgIpc) is 2.63. The largest absolute Gasteiger partial charge is 0.481 e. The highest BCUT2D eigenvalue weighted by molar-refractivity contribution is 5.32. The van der Waals surface area contributed by atoms with Crippen LogP contribution in [0.5, 0.6) is 5.88 Å². The maximum Gasteiger partial charge on any atom is 0.228 e. The summed E-state index contributed by atoms with van der Waals surface area (Å²) >= 11 is 0. The molecule has 6 heteroatoms. The van der Waals surface area contributed by atoms with Crippen molar-refractivity contribution in [2.24, 2.45) is 5.92 Å². The SMILES string of the molecule is COc1ccnc(N2CCN(CC3CCN(C(C)C)CC3)CC2)n1. The average molecular weight is 333 g/mol. The summed E-state index contributed by atoms with van der Waals surface area (Å²) in [7, 11) is 1.65. The van der Waals surface area contributed by atoms with Crippen molar-refractivity contribution in [3.63, 3.8) is 0 Å². The van der Waals surface area contributed by atoms with Crippen LogP contribution in [0.15, 0.2) is 12.3 Å². The lowest BCUT2D eigenvalue weighted by atomic mass is 9.95. The number of hydrogen-bond donors (Lipinski definition) is 0. The van der Waals surface area contributed by atoms with Gasteiger partial charge in [-0.25, -0.2) is 4.98 Å². The van der Waals surface area contributed by atoms with Crippen molar-refractivity contribution in [3.8, 4) is 5.88 Å². The molecule has 0 N–H and O–H groups in total. The number of anilines is 1. The zero-order chi connectivity index (χ0) is 16.9. The molecular formula is C18H31N5O. The number of aromatic nitrogens is 2. The van der Waals surface area contributed by atoms with E-state index in [0.717, 1.165) is 38.0 Å². The van der Waals surface area contributed by atoms with E-state index in [9.17, 15) is 0 Å². The van der Waals surface area contributed by atoms with E-state index in [0.29, 0.717) is 11.9 Å².